The van der Waals surface area contributed by atoms with Crippen molar-refractivity contribution in [3.05, 3.63) is 40.7 Å². The number of aromatic hydroxyl groups is 1. The number of pyridine rings is 1. The second kappa shape index (κ2) is 9.54. The fourth-order valence-corrected chi connectivity index (χ4v) is 4.40. The van der Waals surface area contributed by atoms with Gasteiger partial charge in [-0.25, -0.2) is 0 Å². The number of hydrogen-bond donors (Lipinski definition) is 2. The molecule has 0 saturated heterocycles. The topological polar surface area (TPSA) is 97.6 Å². The summed E-state index contributed by atoms with van der Waals surface area (Å²) >= 11 is 0. The van der Waals surface area contributed by atoms with Gasteiger partial charge in [-0.1, -0.05) is 37.5 Å². The van der Waals surface area contributed by atoms with Gasteiger partial charge < -0.3 is 5.11 Å². The van der Waals surface area contributed by atoms with Crippen LogP contribution < -0.4 is 10.3 Å². The van der Waals surface area contributed by atoms with Gasteiger partial charge in [-0.2, -0.15) is 13.1 Å². The van der Waals surface area contributed by atoms with Gasteiger partial charge in [-0.15, -0.1) is 12.4 Å². The second-order valence-electron chi connectivity index (χ2n) is 6.63. The highest BCUT2D eigenvalue weighted by Gasteiger charge is 2.20. The van der Waals surface area contributed by atoms with Gasteiger partial charge >= 0.3 is 10.3 Å². The molecule has 27 heavy (non-hydrogen) atoms. The molecule has 0 spiro atoms. The van der Waals surface area contributed by atoms with Crippen molar-refractivity contribution in [3.8, 4) is 5.88 Å². The standard InChI is InChI=1S/C18H24N2O5S.ClH/c21-17-13-14-7-4-5-10-16(14)18(22)20(17)11-6-12-25-26(23,24)19-15-8-2-1-3-9-15;/h4-5,7,10,13,15,19,21H,1-3,6,8-9,11-12H2;1H. The summed E-state index contributed by atoms with van der Waals surface area (Å²) in [4.78, 5) is 12.4. The van der Waals surface area contributed by atoms with Gasteiger partial charge in [0.1, 0.15) is 0 Å². The molecule has 7 nitrogen and oxygen atoms in total. The highest BCUT2D eigenvalue weighted by molar-refractivity contribution is 7.84. The lowest BCUT2D eigenvalue weighted by molar-refractivity contribution is 0.284. The molecule has 1 saturated carbocycles. The summed E-state index contributed by atoms with van der Waals surface area (Å²) < 4.78 is 32.7. The molecule has 9 heteroatoms. The average Bonchev–Trinajstić information content (AvgIpc) is 2.61. The lowest BCUT2D eigenvalue weighted by atomic mass is 9.96. The molecule has 2 N–H and O–H groups in total. The molecule has 0 amide bonds. The molecule has 1 heterocycles. The largest absolute Gasteiger partial charge is 0.494 e. The normalized spacial score (nSPS) is 15.6. The zero-order chi connectivity index (χ0) is 18.6. The maximum Gasteiger partial charge on any atom is 0.336 e. The Balaban J connectivity index is 0.00000261. The lowest BCUT2D eigenvalue weighted by Crippen LogP contribution is -2.37. The first-order valence-electron chi connectivity index (χ1n) is 8.94. The minimum atomic E-state index is -3.79. The third-order valence-corrected chi connectivity index (χ3v) is 5.78. The van der Waals surface area contributed by atoms with Gasteiger partial charge in [-0.3, -0.25) is 13.5 Å². The van der Waals surface area contributed by atoms with Crippen molar-refractivity contribution in [2.75, 3.05) is 6.61 Å². The lowest BCUT2D eigenvalue weighted by Gasteiger charge is -2.22. The summed E-state index contributed by atoms with van der Waals surface area (Å²) in [6.45, 7) is 0.120. The molecule has 1 aromatic carbocycles. The smallest absolute Gasteiger partial charge is 0.336 e. The van der Waals surface area contributed by atoms with E-state index in [2.05, 4.69) is 4.72 Å². The van der Waals surface area contributed by atoms with Crippen molar-refractivity contribution in [1.29, 1.82) is 0 Å². The summed E-state index contributed by atoms with van der Waals surface area (Å²) in [6, 6.07) is 8.48. The predicted octanol–water partition coefficient (Wildman–Crippen LogP) is 2.70. The summed E-state index contributed by atoms with van der Waals surface area (Å²) in [5, 5.41) is 11.2. The Kier molecular flexibility index (Phi) is 7.67. The van der Waals surface area contributed by atoms with Crippen LogP contribution in [0.1, 0.15) is 38.5 Å². The Bertz CT molecular complexity index is 923. The van der Waals surface area contributed by atoms with Crippen LogP contribution in [0.15, 0.2) is 35.1 Å². The summed E-state index contributed by atoms with van der Waals surface area (Å²) in [5.41, 5.74) is -0.302. The van der Waals surface area contributed by atoms with E-state index in [1.807, 2.05) is 0 Å². The number of hydrogen-bond acceptors (Lipinski definition) is 5. The zero-order valence-electron chi connectivity index (χ0n) is 15.0. The molecule has 150 valence electrons. The molecule has 0 unspecified atom stereocenters. The van der Waals surface area contributed by atoms with Crippen LogP contribution in [-0.4, -0.2) is 30.7 Å². The Morgan fingerprint density at radius 3 is 2.63 bits per heavy atom. The summed E-state index contributed by atoms with van der Waals surface area (Å²) in [7, 11) is -3.79. The number of fused-ring (bicyclic) bond motifs is 1. The van der Waals surface area contributed by atoms with E-state index in [4.69, 9.17) is 4.18 Å². The first-order chi connectivity index (χ1) is 12.5. The van der Waals surface area contributed by atoms with Crippen molar-refractivity contribution in [2.24, 2.45) is 0 Å². The number of rotatable bonds is 7. The van der Waals surface area contributed by atoms with Gasteiger partial charge in [0.05, 0.1) is 6.61 Å². The highest BCUT2D eigenvalue weighted by Crippen LogP contribution is 2.19. The maximum absolute atomic E-state index is 12.4. The first kappa shape index (κ1) is 21.7. The Morgan fingerprint density at radius 1 is 1.19 bits per heavy atom. The quantitative estimate of drug-likeness (QED) is 0.676. The molecule has 1 fully saturated rings. The second-order valence-corrected chi connectivity index (χ2v) is 8.01. The van der Waals surface area contributed by atoms with Crippen molar-refractivity contribution in [2.45, 2.75) is 51.1 Å². The third kappa shape index (κ3) is 5.68. The van der Waals surface area contributed by atoms with Crippen LogP contribution in [0.2, 0.25) is 0 Å². The molecule has 1 aliphatic rings. The fourth-order valence-electron chi connectivity index (χ4n) is 3.35. The molecule has 0 aliphatic heterocycles. The number of aromatic nitrogens is 1. The molecular formula is C18H25ClN2O5S. The van der Waals surface area contributed by atoms with E-state index in [-0.39, 0.29) is 49.5 Å². The molecule has 1 aliphatic carbocycles. The van der Waals surface area contributed by atoms with Crippen LogP contribution in [0.3, 0.4) is 0 Å². The van der Waals surface area contributed by atoms with E-state index in [1.165, 1.54) is 10.6 Å². The predicted molar refractivity (Wildman–Crippen MR) is 107 cm³/mol. The molecule has 0 radical (unpaired) electrons. The van der Waals surface area contributed by atoms with Crippen LogP contribution in [0.5, 0.6) is 5.88 Å². The number of halogens is 1. The van der Waals surface area contributed by atoms with E-state index in [1.54, 1.807) is 24.3 Å². The number of nitrogens with one attached hydrogen (secondary N) is 1. The highest BCUT2D eigenvalue weighted by atomic mass is 35.5. The number of nitrogens with zero attached hydrogens (tertiary/aromatic N) is 1. The van der Waals surface area contributed by atoms with Gasteiger partial charge in [0.15, 0.2) is 5.88 Å². The minimum Gasteiger partial charge on any atom is -0.494 e. The van der Waals surface area contributed by atoms with Crippen LogP contribution >= 0.6 is 12.4 Å². The molecular weight excluding hydrogens is 392 g/mol. The molecule has 2 aromatic rings. The maximum atomic E-state index is 12.4. The van der Waals surface area contributed by atoms with Crippen LogP contribution in [0.4, 0.5) is 0 Å². The monoisotopic (exact) mass is 416 g/mol. The SMILES string of the molecule is Cl.O=c1c2ccccc2cc(O)n1CCCOS(=O)(=O)NC1CCCCC1. The third-order valence-electron chi connectivity index (χ3n) is 4.68. The van der Waals surface area contributed by atoms with Crippen molar-refractivity contribution in [3.63, 3.8) is 0 Å². The van der Waals surface area contributed by atoms with Crippen LogP contribution in [0, 0.1) is 0 Å². The Hall–Kier alpha value is -1.61. The Morgan fingerprint density at radius 2 is 1.89 bits per heavy atom. The minimum absolute atomic E-state index is 0. The number of benzene rings is 1. The Labute approximate surface area is 165 Å². The molecule has 0 bridgehead atoms. The van der Waals surface area contributed by atoms with Gasteiger partial charge in [0.2, 0.25) is 0 Å². The molecule has 3 rings (SSSR count). The van der Waals surface area contributed by atoms with Gasteiger partial charge in [0.25, 0.3) is 5.56 Å². The van der Waals surface area contributed by atoms with Gasteiger partial charge in [0, 0.05) is 24.0 Å². The van der Waals surface area contributed by atoms with Crippen molar-refractivity contribution >= 4 is 33.5 Å². The van der Waals surface area contributed by atoms with Crippen LogP contribution in [0.25, 0.3) is 10.8 Å². The molecule has 1 aromatic heterocycles. The van der Waals surface area contributed by atoms with Crippen molar-refractivity contribution < 1.29 is 17.7 Å². The van der Waals surface area contributed by atoms with E-state index < -0.39 is 10.3 Å². The summed E-state index contributed by atoms with van der Waals surface area (Å²) in [5.74, 6) is -0.142. The summed E-state index contributed by atoms with van der Waals surface area (Å²) in [6.07, 6.45) is 5.15. The van der Waals surface area contributed by atoms with E-state index in [9.17, 15) is 18.3 Å². The van der Waals surface area contributed by atoms with E-state index >= 15 is 0 Å². The zero-order valence-corrected chi connectivity index (χ0v) is 16.6. The van der Waals surface area contributed by atoms with E-state index in [0.29, 0.717) is 10.8 Å². The van der Waals surface area contributed by atoms with Gasteiger partial charge in [-0.05, 0) is 30.7 Å². The van der Waals surface area contributed by atoms with E-state index in [0.717, 1.165) is 32.1 Å². The van der Waals surface area contributed by atoms with Crippen molar-refractivity contribution in [1.82, 2.24) is 9.29 Å². The molecule has 0 atom stereocenters. The fraction of sp³-hybridized carbons (Fsp3) is 0.500. The first-order valence-corrected chi connectivity index (χ1v) is 10.4. The average molecular weight is 417 g/mol. The van der Waals surface area contributed by atoms with Crippen LogP contribution in [-0.2, 0) is 21.0 Å².